The highest BCUT2D eigenvalue weighted by Crippen LogP contribution is 2.40. The van der Waals surface area contributed by atoms with Gasteiger partial charge in [-0.2, -0.15) is 0 Å². The third-order valence-corrected chi connectivity index (χ3v) is 3.76. The lowest BCUT2D eigenvalue weighted by atomic mass is 10.0. The summed E-state index contributed by atoms with van der Waals surface area (Å²) < 4.78 is 5.07. The van der Waals surface area contributed by atoms with Gasteiger partial charge in [-0.3, -0.25) is 10.1 Å². The lowest BCUT2D eigenvalue weighted by Gasteiger charge is -2.27. The number of methoxy groups -OCH3 is 1. The highest BCUT2D eigenvalue weighted by atomic mass is 16.6. The number of rotatable bonds is 4. The van der Waals surface area contributed by atoms with Crippen LogP contribution in [0, 0.1) is 16.0 Å². The molecule has 0 bridgehead atoms. The molecule has 6 heteroatoms. The van der Waals surface area contributed by atoms with Crippen LogP contribution in [0.15, 0.2) is 18.2 Å². The van der Waals surface area contributed by atoms with E-state index in [1.807, 2.05) is 11.8 Å². The van der Waals surface area contributed by atoms with Gasteiger partial charge in [0.15, 0.2) is 5.75 Å². The van der Waals surface area contributed by atoms with Crippen LogP contribution in [0.2, 0.25) is 0 Å². The van der Waals surface area contributed by atoms with Gasteiger partial charge in [0.1, 0.15) is 5.69 Å². The fourth-order valence-electron chi connectivity index (χ4n) is 2.68. The zero-order valence-electron chi connectivity index (χ0n) is 11.1. The predicted molar refractivity (Wildman–Crippen MR) is 71.6 cm³/mol. The fraction of sp³-hybridized carbons (Fsp3) is 0.538. The lowest BCUT2D eigenvalue weighted by Crippen LogP contribution is -2.35. The highest BCUT2D eigenvalue weighted by molar-refractivity contribution is 5.70. The number of hydrogen-bond donors (Lipinski definition) is 1. The first kappa shape index (κ1) is 13.6. The summed E-state index contributed by atoms with van der Waals surface area (Å²) in [6, 6.07) is 4.94. The number of aliphatic hydroxyl groups is 1. The Balaban J connectivity index is 2.47. The number of nitro groups is 1. The Morgan fingerprint density at radius 3 is 2.89 bits per heavy atom. The largest absolute Gasteiger partial charge is 0.490 e. The Kier molecular flexibility index (Phi) is 3.90. The van der Waals surface area contributed by atoms with E-state index < -0.39 is 4.92 Å². The molecule has 1 aliphatic rings. The highest BCUT2D eigenvalue weighted by Gasteiger charge is 2.35. The predicted octanol–water partition coefficient (Wildman–Crippen LogP) is 1.81. The van der Waals surface area contributed by atoms with Crippen molar-refractivity contribution in [1.29, 1.82) is 0 Å². The van der Waals surface area contributed by atoms with Crippen molar-refractivity contribution in [3.05, 3.63) is 28.3 Å². The molecule has 1 N–H and O–H groups in total. The van der Waals surface area contributed by atoms with Crippen LogP contribution in [0.25, 0.3) is 0 Å². The van der Waals surface area contributed by atoms with Crippen molar-refractivity contribution in [2.24, 2.45) is 5.92 Å². The topological polar surface area (TPSA) is 75.8 Å². The number of anilines is 1. The molecule has 2 unspecified atom stereocenters. The maximum absolute atomic E-state index is 11.3. The average Bonchev–Trinajstić information content (AvgIpc) is 2.78. The van der Waals surface area contributed by atoms with Gasteiger partial charge in [0.2, 0.25) is 0 Å². The second-order valence-corrected chi connectivity index (χ2v) is 4.79. The van der Waals surface area contributed by atoms with Crippen LogP contribution in [0.5, 0.6) is 5.75 Å². The van der Waals surface area contributed by atoms with E-state index in [1.54, 1.807) is 18.2 Å². The molecular formula is C13H18N2O4. The van der Waals surface area contributed by atoms with E-state index in [-0.39, 0.29) is 24.1 Å². The van der Waals surface area contributed by atoms with Crippen molar-refractivity contribution in [3.8, 4) is 5.75 Å². The normalized spacial score (nSPS) is 22.6. The van der Waals surface area contributed by atoms with E-state index in [2.05, 4.69) is 0 Å². The average molecular weight is 266 g/mol. The molecule has 1 saturated heterocycles. The van der Waals surface area contributed by atoms with Crippen molar-refractivity contribution in [3.63, 3.8) is 0 Å². The minimum absolute atomic E-state index is 0.00443. The smallest absolute Gasteiger partial charge is 0.333 e. The number of hydrogen-bond acceptors (Lipinski definition) is 5. The van der Waals surface area contributed by atoms with Gasteiger partial charge in [-0.15, -0.1) is 0 Å². The number of nitrogens with zero attached hydrogens (tertiary/aromatic N) is 2. The zero-order valence-corrected chi connectivity index (χ0v) is 11.1. The molecule has 0 amide bonds. The standard InChI is InChI=1S/C13H18N2O4/c1-9-6-7-14(11(9)8-16)10-4-3-5-12(19-2)13(10)15(17)18/h3-5,9,11,16H,6-8H2,1-2H3. The minimum atomic E-state index is -0.425. The first-order valence-corrected chi connectivity index (χ1v) is 6.29. The van der Waals surface area contributed by atoms with Crippen LogP contribution in [0.1, 0.15) is 13.3 Å². The molecular weight excluding hydrogens is 248 g/mol. The Morgan fingerprint density at radius 2 is 2.32 bits per heavy atom. The summed E-state index contributed by atoms with van der Waals surface area (Å²) in [5.41, 5.74) is 0.491. The summed E-state index contributed by atoms with van der Waals surface area (Å²) in [7, 11) is 1.42. The lowest BCUT2D eigenvalue weighted by molar-refractivity contribution is -0.385. The first-order valence-electron chi connectivity index (χ1n) is 6.29. The van der Waals surface area contributed by atoms with E-state index in [4.69, 9.17) is 4.74 Å². The van der Waals surface area contributed by atoms with Crippen LogP contribution in [-0.4, -0.2) is 36.3 Å². The number of aliphatic hydroxyl groups excluding tert-OH is 1. The quantitative estimate of drug-likeness (QED) is 0.664. The van der Waals surface area contributed by atoms with E-state index in [0.717, 1.165) is 6.42 Å². The van der Waals surface area contributed by atoms with Gasteiger partial charge in [-0.25, -0.2) is 0 Å². The van der Waals surface area contributed by atoms with Gasteiger partial charge in [0.05, 0.1) is 24.7 Å². The van der Waals surface area contributed by atoms with Gasteiger partial charge >= 0.3 is 5.69 Å². The summed E-state index contributed by atoms with van der Waals surface area (Å²) in [6.45, 7) is 2.75. The van der Waals surface area contributed by atoms with Crippen LogP contribution < -0.4 is 9.64 Å². The van der Waals surface area contributed by atoms with Crippen molar-refractivity contribution < 1.29 is 14.8 Å². The summed E-state index contributed by atoms with van der Waals surface area (Å²) in [5, 5.41) is 20.8. The molecule has 19 heavy (non-hydrogen) atoms. The molecule has 6 nitrogen and oxygen atoms in total. The molecule has 1 aromatic rings. The molecule has 0 saturated carbocycles. The summed E-state index contributed by atoms with van der Waals surface area (Å²) in [6.07, 6.45) is 0.916. The van der Waals surface area contributed by atoms with Gasteiger partial charge in [0.25, 0.3) is 0 Å². The molecule has 1 aromatic carbocycles. The molecule has 2 atom stereocenters. The fourth-order valence-corrected chi connectivity index (χ4v) is 2.68. The van der Waals surface area contributed by atoms with Gasteiger partial charge in [-0.05, 0) is 24.5 Å². The maximum Gasteiger partial charge on any atom is 0.333 e. The van der Waals surface area contributed by atoms with Crippen LogP contribution in [0.3, 0.4) is 0 Å². The molecule has 0 aliphatic carbocycles. The van der Waals surface area contributed by atoms with Crippen LogP contribution in [-0.2, 0) is 0 Å². The van der Waals surface area contributed by atoms with E-state index in [1.165, 1.54) is 7.11 Å². The maximum atomic E-state index is 11.3. The van der Waals surface area contributed by atoms with E-state index in [0.29, 0.717) is 18.2 Å². The van der Waals surface area contributed by atoms with Crippen molar-refractivity contribution >= 4 is 11.4 Å². The number of ether oxygens (including phenoxy) is 1. The van der Waals surface area contributed by atoms with Crippen molar-refractivity contribution in [1.82, 2.24) is 0 Å². The van der Waals surface area contributed by atoms with Gasteiger partial charge in [-0.1, -0.05) is 13.0 Å². The molecule has 1 aliphatic heterocycles. The van der Waals surface area contributed by atoms with Gasteiger partial charge < -0.3 is 14.7 Å². The number of benzene rings is 1. The Morgan fingerprint density at radius 1 is 1.58 bits per heavy atom. The molecule has 1 heterocycles. The van der Waals surface area contributed by atoms with Crippen LogP contribution in [0.4, 0.5) is 11.4 Å². The first-order chi connectivity index (χ1) is 9.10. The third-order valence-electron chi connectivity index (χ3n) is 3.76. The van der Waals surface area contributed by atoms with Crippen molar-refractivity contribution in [2.75, 3.05) is 25.2 Å². The number of nitro benzene ring substituents is 1. The van der Waals surface area contributed by atoms with Crippen molar-refractivity contribution in [2.45, 2.75) is 19.4 Å². The van der Waals surface area contributed by atoms with E-state index in [9.17, 15) is 15.2 Å². The SMILES string of the molecule is COc1cccc(N2CCC(C)C2CO)c1[N+](=O)[O-]. The summed E-state index contributed by atoms with van der Waals surface area (Å²) in [5.74, 6) is 0.564. The van der Waals surface area contributed by atoms with Crippen LogP contribution >= 0.6 is 0 Å². The van der Waals surface area contributed by atoms with E-state index >= 15 is 0 Å². The second-order valence-electron chi connectivity index (χ2n) is 4.79. The molecule has 0 radical (unpaired) electrons. The Hall–Kier alpha value is -1.82. The third kappa shape index (κ3) is 2.35. The second kappa shape index (κ2) is 5.44. The molecule has 104 valence electrons. The molecule has 1 fully saturated rings. The summed E-state index contributed by atoms with van der Waals surface area (Å²) >= 11 is 0. The molecule has 0 spiro atoms. The minimum Gasteiger partial charge on any atom is -0.490 e. The Bertz CT molecular complexity index is 478. The zero-order chi connectivity index (χ0) is 14.0. The van der Waals surface area contributed by atoms with Gasteiger partial charge in [0, 0.05) is 6.54 Å². The Labute approximate surface area is 111 Å². The monoisotopic (exact) mass is 266 g/mol. The molecule has 0 aromatic heterocycles. The molecule has 2 rings (SSSR count). The summed E-state index contributed by atoms with van der Waals surface area (Å²) in [4.78, 5) is 12.8. The number of para-hydroxylation sites is 1.